The molecule has 0 spiro atoms. The molecule has 1 fully saturated rings. The minimum absolute atomic E-state index is 0.0799. The Balaban J connectivity index is 1.26. The van der Waals surface area contributed by atoms with Crippen LogP contribution in [0.1, 0.15) is 24.5 Å². The van der Waals surface area contributed by atoms with Gasteiger partial charge in [0.25, 0.3) is 0 Å². The monoisotopic (exact) mass is 622 g/mol. The Bertz CT molecular complexity index is 1920. The van der Waals surface area contributed by atoms with E-state index in [4.69, 9.17) is 4.98 Å². The van der Waals surface area contributed by atoms with Crippen LogP contribution >= 0.6 is 0 Å². The Morgan fingerprint density at radius 3 is 2.47 bits per heavy atom. The Morgan fingerprint density at radius 1 is 0.933 bits per heavy atom. The molecule has 0 radical (unpaired) electrons. The zero-order valence-electron chi connectivity index (χ0n) is 24.9. The Hall–Kier alpha value is -4.87. The predicted octanol–water partition coefficient (Wildman–Crippen LogP) is 4.55. The number of aromatic hydroxyl groups is 1. The third-order valence-corrected chi connectivity index (χ3v) is 9.88. The molecule has 1 aliphatic heterocycles. The second kappa shape index (κ2) is 13.0. The maximum absolute atomic E-state index is 14.0. The highest BCUT2D eigenvalue weighted by atomic mass is 32.2. The van der Waals surface area contributed by atoms with Crippen molar-refractivity contribution in [3.63, 3.8) is 0 Å². The zero-order chi connectivity index (χ0) is 31.4. The van der Waals surface area contributed by atoms with E-state index in [2.05, 4.69) is 34.3 Å². The molecule has 45 heavy (non-hydrogen) atoms. The molecular weight excluding hydrogens is 588 g/mol. The number of anilines is 1. The van der Waals surface area contributed by atoms with E-state index in [0.29, 0.717) is 23.4 Å². The fourth-order valence-corrected chi connectivity index (χ4v) is 7.11. The van der Waals surface area contributed by atoms with Gasteiger partial charge < -0.3 is 15.3 Å². The van der Waals surface area contributed by atoms with E-state index in [1.165, 1.54) is 22.0 Å². The van der Waals surface area contributed by atoms with Crippen molar-refractivity contribution in [1.82, 2.24) is 24.6 Å². The molecular formula is C34H34N6O4S. The van der Waals surface area contributed by atoms with Crippen molar-refractivity contribution in [2.45, 2.75) is 37.2 Å². The van der Waals surface area contributed by atoms with Crippen LogP contribution in [0, 0.1) is 0 Å². The van der Waals surface area contributed by atoms with Gasteiger partial charge >= 0.3 is 0 Å². The van der Waals surface area contributed by atoms with E-state index in [-0.39, 0.29) is 30.3 Å². The number of sulfonamides is 1. The number of aryl methyl sites for hydroxylation is 1. The molecule has 1 amide bonds. The number of rotatable bonds is 9. The number of phenols is 1. The summed E-state index contributed by atoms with van der Waals surface area (Å²) in [7, 11) is -4.05. The second-order valence-electron chi connectivity index (χ2n) is 11.0. The van der Waals surface area contributed by atoms with Crippen molar-refractivity contribution in [1.29, 1.82) is 0 Å². The fourth-order valence-electron chi connectivity index (χ4n) is 5.54. The molecule has 230 valence electrons. The fraction of sp³-hybridized carbons (Fsp3) is 0.235. The van der Waals surface area contributed by atoms with Crippen LogP contribution in [0.2, 0.25) is 0 Å². The lowest BCUT2D eigenvalue weighted by Gasteiger charge is -2.40. The molecule has 1 atom stereocenters. The average molecular weight is 623 g/mol. The number of amides is 1. The van der Waals surface area contributed by atoms with Crippen molar-refractivity contribution >= 4 is 32.8 Å². The van der Waals surface area contributed by atoms with Crippen molar-refractivity contribution < 1.29 is 18.3 Å². The summed E-state index contributed by atoms with van der Waals surface area (Å²) in [6.45, 7) is 2.92. The van der Waals surface area contributed by atoms with Gasteiger partial charge in [-0.1, -0.05) is 61.9 Å². The maximum Gasteiger partial charge on any atom is 0.243 e. The summed E-state index contributed by atoms with van der Waals surface area (Å²) in [4.78, 5) is 29.0. The molecule has 0 aliphatic carbocycles. The van der Waals surface area contributed by atoms with Gasteiger partial charge in [-0.3, -0.25) is 9.78 Å². The topological polar surface area (TPSA) is 129 Å². The van der Waals surface area contributed by atoms with Crippen molar-refractivity contribution in [2.24, 2.45) is 0 Å². The van der Waals surface area contributed by atoms with Crippen molar-refractivity contribution in [3.05, 3.63) is 109 Å². The third kappa shape index (κ3) is 6.64. The summed E-state index contributed by atoms with van der Waals surface area (Å²) in [6.07, 6.45) is 6.94. The lowest BCUT2D eigenvalue weighted by atomic mass is 10.1. The number of piperazine rings is 1. The second-order valence-corrected chi connectivity index (χ2v) is 12.9. The molecule has 6 rings (SSSR count). The molecule has 1 aliphatic rings. The first kappa shape index (κ1) is 30.2. The summed E-state index contributed by atoms with van der Waals surface area (Å²) < 4.78 is 29.4. The lowest BCUT2D eigenvalue weighted by molar-refractivity contribution is -0.125. The molecule has 3 aromatic carbocycles. The predicted molar refractivity (Wildman–Crippen MR) is 173 cm³/mol. The van der Waals surface area contributed by atoms with E-state index < -0.39 is 22.0 Å². The van der Waals surface area contributed by atoms with Crippen LogP contribution in [-0.4, -0.2) is 64.4 Å². The Morgan fingerprint density at radius 2 is 1.71 bits per heavy atom. The van der Waals surface area contributed by atoms with Gasteiger partial charge in [-0.2, -0.15) is 4.31 Å². The van der Waals surface area contributed by atoms with Crippen molar-refractivity contribution in [2.75, 3.05) is 24.5 Å². The number of aromatic nitrogens is 3. The minimum atomic E-state index is -4.05. The standard InChI is InChI=1S/C34H34N6O4S/c1-2-4-24-7-9-25(10-8-24)20-37-34(42)32-23-39(33-22-36-31-21-35-16-15-30(31)38-33)17-18-40(32)45(43,44)29-13-11-26(12-14-29)27-5-3-6-28(41)19-27/h3,5-16,19,21-22,32,41H,2,4,17-18,20,23H2,1H3,(H,37,42)/t32-/m1/s1. The molecule has 2 aromatic heterocycles. The highest BCUT2D eigenvalue weighted by molar-refractivity contribution is 7.89. The summed E-state index contributed by atoms with van der Waals surface area (Å²) in [5.41, 5.74) is 5.00. The number of nitrogens with one attached hydrogen (secondary N) is 1. The summed E-state index contributed by atoms with van der Waals surface area (Å²) >= 11 is 0. The Kier molecular flexibility index (Phi) is 8.72. The van der Waals surface area contributed by atoms with Gasteiger partial charge in [0.2, 0.25) is 15.9 Å². The molecule has 0 unspecified atom stereocenters. The quantitative estimate of drug-likeness (QED) is 0.245. The number of hydrogen-bond donors (Lipinski definition) is 2. The van der Waals surface area contributed by atoms with Gasteiger partial charge in [-0.25, -0.2) is 18.4 Å². The molecule has 11 heteroatoms. The Labute approximate surface area is 262 Å². The van der Waals surface area contributed by atoms with Crippen LogP contribution < -0.4 is 10.2 Å². The molecule has 2 N–H and O–H groups in total. The van der Waals surface area contributed by atoms with E-state index >= 15 is 0 Å². The largest absolute Gasteiger partial charge is 0.508 e. The van der Waals surface area contributed by atoms with E-state index in [1.807, 2.05) is 23.1 Å². The lowest BCUT2D eigenvalue weighted by Crippen LogP contribution is -2.60. The highest BCUT2D eigenvalue weighted by Crippen LogP contribution is 2.28. The van der Waals surface area contributed by atoms with Crippen LogP contribution in [0.15, 0.2) is 102 Å². The number of hydrogen-bond acceptors (Lipinski definition) is 8. The van der Waals surface area contributed by atoms with Gasteiger partial charge in [0.1, 0.15) is 23.1 Å². The van der Waals surface area contributed by atoms with Gasteiger partial charge in [0.15, 0.2) is 0 Å². The zero-order valence-corrected chi connectivity index (χ0v) is 25.7. The molecule has 0 saturated carbocycles. The molecule has 3 heterocycles. The molecule has 5 aromatic rings. The SMILES string of the molecule is CCCc1ccc(CNC(=O)[C@H]2CN(c3cnc4cnccc4n3)CCN2S(=O)(=O)c2ccc(-c3cccc(O)c3)cc2)cc1. The third-order valence-electron chi connectivity index (χ3n) is 7.96. The van der Waals surface area contributed by atoms with Crippen LogP contribution in [0.3, 0.4) is 0 Å². The van der Waals surface area contributed by atoms with Gasteiger partial charge in [-0.05, 0) is 59.0 Å². The van der Waals surface area contributed by atoms with Crippen LogP contribution in [0.5, 0.6) is 5.75 Å². The van der Waals surface area contributed by atoms with E-state index in [0.717, 1.165) is 29.5 Å². The average Bonchev–Trinajstić information content (AvgIpc) is 3.07. The van der Waals surface area contributed by atoms with Gasteiger partial charge in [0.05, 0.1) is 22.8 Å². The van der Waals surface area contributed by atoms with E-state index in [9.17, 15) is 18.3 Å². The normalized spacial score (nSPS) is 15.7. The van der Waals surface area contributed by atoms with Crippen molar-refractivity contribution in [3.8, 4) is 16.9 Å². The van der Waals surface area contributed by atoms with Crippen LogP contribution in [-0.2, 0) is 27.8 Å². The summed E-state index contributed by atoms with van der Waals surface area (Å²) in [5.74, 6) is 0.293. The number of phenolic OH excluding ortho intramolecular Hbond substituents is 1. The highest BCUT2D eigenvalue weighted by Gasteiger charge is 2.40. The first-order chi connectivity index (χ1) is 21.8. The first-order valence-corrected chi connectivity index (χ1v) is 16.3. The smallest absolute Gasteiger partial charge is 0.243 e. The maximum atomic E-state index is 14.0. The van der Waals surface area contributed by atoms with E-state index in [1.54, 1.807) is 55.0 Å². The number of benzene rings is 3. The van der Waals surface area contributed by atoms with Crippen LogP contribution in [0.25, 0.3) is 22.2 Å². The first-order valence-electron chi connectivity index (χ1n) is 14.9. The number of carbonyl (C=O) groups excluding carboxylic acids is 1. The summed E-state index contributed by atoms with van der Waals surface area (Å²) in [6, 6.07) is 22.1. The minimum Gasteiger partial charge on any atom is -0.508 e. The van der Waals surface area contributed by atoms with Crippen LogP contribution in [0.4, 0.5) is 5.82 Å². The number of carbonyl (C=O) groups is 1. The van der Waals surface area contributed by atoms with Gasteiger partial charge in [0, 0.05) is 32.4 Å². The number of pyridine rings is 1. The number of fused-ring (bicyclic) bond motifs is 1. The molecule has 1 saturated heterocycles. The number of nitrogens with zero attached hydrogens (tertiary/aromatic N) is 5. The molecule has 10 nitrogen and oxygen atoms in total. The summed E-state index contributed by atoms with van der Waals surface area (Å²) in [5, 5.41) is 12.8. The van der Waals surface area contributed by atoms with Gasteiger partial charge in [-0.15, -0.1) is 0 Å². The molecule has 0 bridgehead atoms.